The number of carbonyl (C=O) groups excluding carboxylic acids is 1. The third-order valence-corrected chi connectivity index (χ3v) is 3.99. The predicted molar refractivity (Wildman–Crippen MR) is 91.4 cm³/mol. The van der Waals surface area contributed by atoms with Gasteiger partial charge in [0, 0.05) is 17.3 Å². The second-order valence-electron chi connectivity index (χ2n) is 6.06. The Balaban J connectivity index is 1.91. The van der Waals surface area contributed by atoms with Crippen molar-refractivity contribution in [3.63, 3.8) is 0 Å². The van der Waals surface area contributed by atoms with E-state index in [2.05, 4.69) is 0 Å². The van der Waals surface area contributed by atoms with E-state index in [0.29, 0.717) is 18.9 Å². The van der Waals surface area contributed by atoms with Crippen LogP contribution in [0.15, 0.2) is 48.3 Å². The first-order chi connectivity index (χ1) is 11.6. The maximum Gasteiger partial charge on any atom is 0.313 e. The molecule has 0 radical (unpaired) electrons. The lowest BCUT2D eigenvalue weighted by molar-refractivity contribution is -0.143. The zero-order chi connectivity index (χ0) is 17.1. The minimum Gasteiger partial charge on any atom is -0.507 e. The van der Waals surface area contributed by atoms with Crippen LogP contribution in [0.2, 0.25) is 0 Å². The van der Waals surface area contributed by atoms with E-state index < -0.39 is 0 Å². The van der Waals surface area contributed by atoms with Crippen molar-refractivity contribution in [2.24, 2.45) is 0 Å². The van der Waals surface area contributed by atoms with E-state index in [-0.39, 0.29) is 24.3 Å². The van der Waals surface area contributed by atoms with Gasteiger partial charge in [0.05, 0.1) is 0 Å². The molecular weight excluding hydrogens is 306 g/mol. The second-order valence-corrected chi connectivity index (χ2v) is 6.06. The second kappa shape index (κ2) is 6.93. The van der Waals surface area contributed by atoms with Crippen molar-refractivity contribution in [3.8, 4) is 0 Å². The molecule has 0 saturated carbocycles. The molecule has 5 heteroatoms. The van der Waals surface area contributed by atoms with Gasteiger partial charge in [-0.15, -0.1) is 0 Å². The average Bonchev–Trinajstić information content (AvgIpc) is 2.54. The van der Waals surface area contributed by atoms with E-state index >= 15 is 0 Å². The van der Waals surface area contributed by atoms with Crippen LogP contribution in [0.4, 0.5) is 0 Å². The van der Waals surface area contributed by atoms with E-state index in [4.69, 9.17) is 9.47 Å². The van der Waals surface area contributed by atoms with Crippen molar-refractivity contribution in [3.05, 3.63) is 58.7 Å². The molecule has 0 aromatic heterocycles. The first-order valence-electron chi connectivity index (χ1n) is 7.93. The van der Waals surface area contributed by atoms with Crippen LogP contribution in [0.25, 0.3) is 11.3 Å². The zero-order valence-corrected chi connectivity index (χ0v) is 13.9. The highest BCUT2D eigenvalue weighted by Gasteiger charge is 2.26. The van der Waals surface area contributed by atoms with Crippen molar-refractivity contribution >= 4 is 17.3 Å². The summed E-state index contributed by atoms with van der Waals surface area (Å²) in [5.41, 5.74) is 0.734. The van der Waals surface area contributed by atoms with Crippen molar-refractivity contribution in [1.82, 2.24) is 4.90 Å². The van der Waals surface area contributed by atoms with Crippen LogP contribution in [-0.4, -0.2) is 49.3 Å². The SMILES string of the molecule is CN(C)CCOC(=O)CC1=c2ccccc2=C2C(O)=CC=CC2O1. The molecule has 0 saturated heterocycles. The Labute approximate surface area is 140 Å². The summed E-state index contributed by atoms with van der Waals surface area (Å²) in [6.45, 7) is 1.03. The predicted octanol–water partition coefficient (Wildman–Crippen LogP) is 0.851. The minimum atomic E-state index is -0.380. The van der Waals surface area contributed by atoms with Gasteiger partial charge < -0.3 is 19.5 Å². The van der Waals surface area contributed by atoms with Crippen molar-refractivity contribution < 1.29 is 19.4 Å². The molecule has 0 amide bonds. The molecule has 1 heterocycles. The van der Waals surface area contributed by atoms with E-state index in [1.165, 1.54) is 0 Å². The van der Waals surface area contributed by atoms with Gasteiger partial charge in [-0.2, -0.15) is 0 Å². The molecule has 1 aliphatic heterocycles. The van der Waals surface area contributed by atoms with E-state index in [0.717, 1.165) is 16.0 Å². The summed E-state index contributed by atoms with van der Waals surface area (Å²) < 4.78 is 11.2. The van der Waals surface area contributed by atoms with Crippen LogP contribution >= 0.6 is 0 Å². The molecule has 126 valence electrons. The molecular formula is C19H21NO4. The molecule has 1 aliphatic carbocycles. The topological polar surface area (TPSA) is 59.0 Å². The summed E-state index contributed by atoms with van der Waals surface area (Å²) in [6, 6.07) is 7.63. The summed E-state index contributed by atoms with van der Waals surface area (Å²) in [6.07, 6.45) is 4.96. The quantitative estimate of drug-likeness (QED) is 0.813. The van der Waals surface area contributed by atoms with Gasteiger partial charge in [0.2, 0.25) is 0 Å². The molecule has 3 rings (SSSR count). The molecule has 1 unspecified atom stereocenters. The lowest BCUT2D eigenvalue weighted by Crippen LogP contribution is -2.40. The van der Waals surface area contributed by atoms with Crippen molar-refractivity contribution in [2.75, 3.05) is 27.2 Å². The number of rotatable bonds is 5. The van der Waals surface area contributed by atoms with Crippen LogP contribution in [0.1, 0.15) is 6.42 Å². The monoisotopic (exact) mass is 327 g/mol. The number of benzene rings is 1. The van der Waals surface area contributed by atoms with Gasteiger partial charge in [-0.3, -0.25) is 4.79 Å². The number of fused-ring (bicyclic) bond motifs is 2. The maximum atomic E-state index is 12.1. The molecule has 0 bridgehead atoms. The Kier molecular flexibility index (Phi) is 4.71. The molecule has 0 spiro atoms. The molecule has 1 N–H and O–H groups in total. The van der Waals surface area contributed by atoms with E-state index in [9.17, 15) is 9.90 Å². The Morgan fingerprint density at radius 3 is 2.79 bits per heavy atom. The molecule has 2 aliphatic rings. The molecule has 24 heavy (non-hydrogen) atoms. The molecule has 1 aromatic rings. The molecule has 0 fully saturated rings. The average molecular weight is 327 g/mol. The summed E-state index contributed by atoms with van der Waals surface area (Å²) in [7, 11) is 3.85. The number of nitrogens with zero attached hydrogens (tertiary/aromatic N) is 1. The van der Waals surface area contributed by atoms with E-state index in [1.54, 1.807) is 12.2 Å². The summed E-state index contributed by atoms with van der Waals surface area (Å²) in [5.74, 6) is 0.459. The van der Waals surface area contributed by atoms with Gasteiger partial charge in [0.15, 0.2) is 0 Å². The molecule has 1 aromatic carbocycles. The number of esters is 1. The number of likely N-dealkylation sites (N-methyl/N-ethyl adjacent to an activating group) is 1. The maximum absolute atomic E-state index is 12.1. The van der Waals surface area contributed by atoms with Crippen molar-refractivity contribution in [1.29, 1.82) is 0 Å². The van der Waals surface area contributed by atoms with Crippen LogP contribution in [0.3, 0.4) is 0 Å². The van der Waals surface area contributed by atoms with Gasteiger partial charge in [-0.05, 0) is 31.5 Å². The number of hydrogen-bond acceptors (Lipinski definition) is 5. The third kappa shape index (κ3) is 3.36. The smallest absolute Gasteiger partial charge is 0.313 e. The molecule has 1 atom stereocenters. The Morgan fingerprint density at radius 2 is 2.04 bits per heavy atom. The minimum absolute atomic E-state index is 0.0759. The van der Waals surface area contributed by atoms with Crippen molar-refractivity contribution in [2.45, 2.75) is 12.5 Å². The van der Waals surface area contributed by atoms with Gasteiger partial charge in [-0.25, -0.2) is 0 Å². The first kappa shape index (κ1) is 16.3. The number of aliphatic hydroxyl groups excluding tert-OH is 1. The van der Waals surface area contributed by atoms with Gasteiger partial charge in [0.1, 0.15) is 30.6 Å². The van der Waals surface area contributed by atoms with Crippen LogP contribution in [-0.2, 0) is 14.3 Å². The lowest BCUT2D eigenvalue weighted by atomic mass is 9.96. The zero-order valence-electron chi connectivity index (χ0n) is 13.9. The number of allylic oxidation sites excluding steroid dienone is 2. The van der Waals surface area contributed by atoms with Gasteiger partial charge in [-0.1, -0.05) is 30.3 Å². The largest absolute Gasteiger partial charge is 0.507 e. The molecule has 5 nitrogen and oxygen atoms in total. The fraction of sp³-hybridized carbons (Fsp3) is 0.316. The highest BCUT2D eigenvalue weighted by Crippen LogP contribution is 2.25. The fourth-order valence-electron chi connectivity index (χ4n) is 2.81. The first-order valence-corrected chi connectivity index (χ1v) is 7.93. The fourth-order valence-corrected chi connectivity index (χ4v) is 2.81. The lowest BCUT2D eigenvalue weighted by Gasteiger charge is -2.26. The Bertz CT molecular complexity index is 820. The summed E-state index contributed by atoms with van der Waals surface area (Å²) in [5, 5.41) is 11.9. The number of ether oxygens (including phenoxy) is 2. The summed E-state index contributed by atoms with van der Waals surface area (Å²) >= 11 is 0. The number of carbonyl (C=O) groups is 1. The number of aliphatic hydroxyl groups is 1. The van der Waals surface area contributed by atoms with Gasteiger partial charge in [0.25, 0.3) is 0 Å². The normalized spacial score (nSPS) is 18.6. The van der Waals surface area contributed by atoms with Crippen LogP contribution < -0.4 is 10.4 Å². The highest BCUT2D eigenvalue weighted by atomic mass is 16.5. The van der Waals surface area contributed by atoms with Crippen LogP contribution in [0, 0.1) is 0 Å². The summed E-state index contributed by atoms with van der Waals surface area (Å²) in [4.78, 5) is 14.1. The third-order valence-electron chi connectivity index (χ3n) is 3.99. The number of hydrogen-bond donors (Lipinski definition) is 1. The Morgan fingerprint density at radius 1 is 1.29 bits per heavy atom. The highest BCUT2D eigenvalue weighted by molar-refractivity contribution is 5.80. The van der Waals surface area contributed by atoms with E-state index in [1.807, 2.05) is 49.3 Å². The Hall–Kier alpha value is -2.53. The van der Waals surface area contributed by atoms with Crippen LogP contribution in [0.5, 0.6) is 0 Å². The van der Waals surface area contributed by atoms with Gasteiger partial charge >= 0.3 is 5.97 Å². The standard InChI is InChI=1S/C19H21NO4/c1-20(2)10-11-23-18(22)12-17-13-6-3-4-7-14(13)19-15(21)8-5-9-16(19)24-17/h3-9,16,21H,10-12H2,1-2H3.